The lowest BCUT2D eigenvalue weighted by Crippen LogP contribution is -2.33. The Hall–Kier alpha value is -1.80. The van der Waals surface area contributed by atoms with Gasteiger partial charge in [-0.25, -0.2) is 0 Å². The van der Waals surface area contributed by atoms with Crippen LogP contribution in [-0.2, 0) is 0 Å². The van der Waals surface area contributed by atoms with Gasteiger partial charge in [-0.15, -0.1) is 0 Å². The van der Waals surface area contributed by atoms with E-state index < -0.39 is 0 Å². The maximum Gasteiger partial charge on any atom is 0.119 e. The predicted molar refractivity (Wildman–Crippen MR) is 106 cm³/mol. The van der Waals surface area contributed by atoms with Gasteiger partial charge in [-0.3, -0.25) is 0 Å². The summed E-state index contributed by atoms with van der Waals surface area (Å²) in [4.78, 5) is 2.63. The maximum atomic E-state index is 5.89. The Morgan fingerprint density at radius 3 is 2.24 bits per heavy atom. The van der Waals surface area contributed by atoms with Gasteiger partial charge in [0.25, 0.3) is 0 Å². The van der Waals surface area contributed by atoms with Gasteiger partial charge >= 0.3 is 0 Å². The molecule has 0 saturated carbocycles. The number of unbranched alkanes of at least 4 members (excludes halogenated alkanes) is 2. The average molecular weight is 338 g/mol. The van der Waals surface area contributed by atoms with Crippen LogP contribution in [0.3, 0.4) is 0 Å². The maximum absolute atomic E-state index is 5.89. The van der Waals surface area contributed by atoms with Gasteiger partial charge < -0.3 is 9.64 Å². The molecule has 1 aliphatic heterocycles. The Morgan fingerprint density at radius 2 is 1.52 bits per heavy atom. The summed E-state index contributed by atoms with van der Waals surface area (Å²) in [5, 5.41) is 0. The van der Waals surface area contributed by atoms with E-state index in [0.29, 0.717) is 0 Å². The van der Waals surface area contributed by atoms with Gasteiger partial charge in [-0.2, -0.15) is 0 Å². The number of rotatable bonds is 8. The zero-order chi connectivity index (χ0) is 17.3. The lowest BCUT2D eigenvalue weighted by atomic mass is 9.99. The molecule has 0 atom stereocenters. The van der Waals surface area contributed by atoms with Gasteiger partial charge in [0.2, 0.25) is 0 Å². The fourth-order valence-corrected chi connectivity index (χ4v) is 3.46. The topological polar surface area (TPSA) is 12.5 Å². The summed E-state index contributed by atoms with van der Waals surface area (Å²) in [6.07, 6.45) is 6.45. The van der Waals surface area contributed by atoms with E-state index in [0.717, 1.165) is 24.7 Å². The molecule has 2 nitrogen and oxygen atoms in total. The van der Waals surface area contributed by atoms with E-state index in [1.807, 2.05) is 6.07 Å². The van der Waals surface area contributed by atoms with Gasteiger partial charge in [0.1, 0.15) is 5.75 Å². The van der Waals surface area contributed by atoms with Crippen LogP contribution >= 0.6 is 0 Å². The Labute approximate surface area is 152 Å². The van der Waals surface area contributed by atoms with Crippen LogP contribution < -0.4 is 4.74 Å². The lowest BCUT2D eigenvalue weighted by Gasteiger charge is -2.30. The lowest BCUT2D eigenvalue weighted by molar-refractivity contribution is 0.187. The number of hydrogen-bond donors (Lipinski definition) is 0. The van der Waals surface area contributed by atoms with Crippen molar-refractivity contribution in [3.63, 3.8) is 0 Å². The van der Waals surface area contributed by atoms with Gasteiger partial charge in [0.15, 0.2) is 0 Å². The molecule has 1 aliphatic rings. The second-order valence-electron chi connectivity index (χ2n) is 7.32. The van der Waals surface area contributed by atoms with Crippen molar-refractivity contribution in [3.8, 4) is 16.9 Å². The zero-order valence-corrected chi connectivity index (χ0v) is 15.5. The van der Waals surface area contributed by atoms with Crippen LogP contribution in [0.2, 0.25) is 0 Å². The Balaban J connectivity index is 1.30. The van der Waals surface area contributed by atoms with Crippen molar-refractivity contribution in [3.05, 3.63) is 54.6 Å². The van der Waals surface area contributed by atoms with Crippen molar-refractivity contribution in [2.75, 3.05) is 26.2 Å². The Bertz CT molecular complexity index is 600. The van der Waals surface area contributed by atoms with Crippen LogP contribution in [0.15, 0.2) is 54.6 Å². The van der Waals surface area contributed by atoms with E-state index in [2.05, 4.69) is 60.4 Å². The molecule has 0 aliphatic carbocycles. The molecular weight excluding hydrogens is 306 g/mol. The summed E-state index contributed by atoms with van der Waals surface area (Å²) < 4.78 is 5.89. The number of benzene rings is 2. The zero-order valence-electron chi connectivity index (χ0n) is 15.5. The molecule has 1 saturated heterocycles. The average Bonchev–Trinajstić information content (AvgIpc) is 2.67. The number of hydrogen-bond acceptors (Lipinski definition) is 2. The molecule has 0 N–H and O–H groups in total. The smallest absolute Gasteiger partial charge is 0.119 e. The second kappa shape index (κ2) is 9.62. The minimum atomic E-state index is 0.821. The van der Waals surface area contributed by atoms with Crippen LogP contribution in [0.25, 0.3) is 11.1 Å². The molecule has 0 spiro atoms. The first-order chi connectivity index (χ1) is 12.3. The third-order valence-electron chi connectivity index (χ3n) is 5.23. The minimum absolute atomic E-state index is 0.821. The first kappa shape index (κ1) is 18.0. The molecule has 0 radical (unpaired) electrons. The summed E-state index contributed by atoms with van der Waals surface area (Å²) in [6.45, 7) is 7.05. The summed E-state index contributed by atoms with van der Waals surface area (Å²) in [5.74, 6) is 1.91. The monoisotopic (exact) mass is 337 g/mol. The highest BCUT2D eigenvalue weighted by molar-refractivity contribution is 5.63. The standard InChI is InChI=1S/C23H31NO/c1-20-14-17-24(18-15-20)16-6-3-7-19-25-23-12-10-22(11-13-23)21-8-4-2-5-9-21/h2,4-5,8-13,20H,3,6-7,14-19H2,1H3. The Morgan fingerprint density at radius 1 is 0.840 bits per heavy atom. The van der Waals surface area contributed by atoms with Crippen LogP contribution in [0.5, 0.6) is 5.75 Å². The van der Waals surface area contributed by atoms with Gasteiger partial charge in [0.05, 0.1) is 6.61 Å². The molecule has 0 aromatic heterocycles. The fourth-order valence-electron chi connectivity index (χ4n) is 3.46. The third kappa shape index (κ3) is 5.89. The molecule has 2 heteroatoms. The molecule has 0 bridgehead atoms. The van der Waals surface area contributed by atoms with Gasteiger partial charge in [-0.1, -0.05) is 49.4 Å². The van der Waals surface area contributed by atoms with E-state index in [-0.39, 0.29) is 0 Å². The van der Waals surface area contributed by atoms with E-state index in [1.54, 1.807) is 0 Å². The fraction of sp³-hybridized carbons (Fsp3) is 0.478. The summed E-state index contributed by atoms with van der Waals surface area (Å²) in [5.41, 5.74) is 2.49. The molecule has 3 rings (SSSR count). The molecule has 1 heterocycles. The highest BCUT2D eigenvalue weighted by atomic mass is 16.5. The van der Waals surface area contributed by atoms with Gasteiger partial charge in [0, 0.05) is 0 Å². The molecule has 2 aromatic carbocycles. The van der Waals surface area contributed by atoms with Crippen molar-refractivity contribution < 1.29 is 4.74 Å². The summed E-state index contributed by atoms with van der Waals surface area (Å²) >= 11 is 0. The predicted octanol–water partition coefficient (Wildman–Crippen LogP) is 5.63. The van der Waals surface area contributed by atoms with Crippen LogP contribution in [0, 0.1) is 5.92 Å². The van der Waals surface area contributed by atoms with Gasteiger partial charge in [-0.05, 0) is 80.9 Å². The van der Waals surface area contributed by atoms with Crippen LogP contribution in [0.4, 0.5) is 0 Å². The van der Waals surface area contributed by atoms with Crippen molar-refractivity contribution in [2.24, 2.45) is 5.92 Å². The van der Waals surface area contributed by atoms with E-state index in [4.69, 9.17) is 4.74 Å². The number of ether oxygens (including phenoxy) is 1. The molecule has 0 amide bonds. The largest absolute Gasteiger partial charge is 0.494 e. The van der Waals surface area contributed by atoms with E-state index in [1.165, 1.54) is 56.4 Å². The van der Waals surface area contributed by atoms with Crippen molar-refractivity contribution in [1.82, 2.24) is 4.90 Å². The normalized spacial score (nSPS) is 16.0. The molecular formula is C23H31NO. The number of likely N-dealkylation sites (tertiary alicyclic amines) is 1. The highest BCUT2D eigenvalue weighted by Crippen LogP contribution is 2.22. The summed E-state index contributed by atoms with van der Waals surface area (Å²) in [6, 6.07) is 18.9. The number of nitrogens with zero attached hydrogens (tertiary/aromatic N) is 1. The molecule has 25 heavy (non-hydrogen) atoms. The summed E-state index contributed by atoms with van der Waals surface area (Å²) in [7, 11) is 0. The quantitative estimate of drug-likeness (QED) is 0.578. The minimum Gasteiger partial charge on any atom is -0.494 e. The van der Waals surface area contributed by atoms with Crippen LogP contribution in [-0.4, -0.2) is 31.1 Å². The first-order valence-corrected chi connectivity index (χ1v) is 9.82. The molecule has 0 unspecified atom stereocenters. The van der Waals surface area contributed by atoms with E-state index in [9.17, 15) is 0 Å². The molecule has 1 fully saturated rings. The second-order valence-corrected chi connectivity index (χ2v) is 7.32. The Kier molecular flexibility index (Phi) is 6.93. The van der Waals surface area contributed by atoms with Crippen molar-refractivity contribution >= 4 is 0 Å². The van der Waals surface area contributed by atoms with Crippen molar-refractivity contribution in [1.29, 1.82) is 0 Å². The first-order valence-electron chi connectivity index (χ1n) is 9.82. The highest BCUT2D eigenvalue weighted by Gasteiger charge is 2.14. The number of piperidine rings is 1. The molecule has 134 valence electrons. The van der Waals surface area contributed by atoms with Crippen molar-refractivity contribution in [2.45, 2.75) is 39.0 Å². The third-order valence-corrected chi connectivity index (χ3v) is 5.23. The van der Waals surface area contributed by atoms with E-state index >= 15 is 0 Å². The molecule has 2 aromatic rings. The van der Waals surface area contributed by atoms with Crippen LogP contribution in [0.1, 0.15) is 39.0 Å². The SMILES string of the molecule is CC1CCN(CCCCCOc2ccc(-c3ccccc3)cc2)CC1.